The third kappa shape index (κ3) is 6.59. The average Bonchev–Trinajstić information content (AvgIpc) is 1.53. The normalized spacial score (nSPS) is 13.1. The largest absolute Gasteiger partial charge is 0.276 e. The predicted molar refractivity (Wildman–Crippen MR) is 403 cm³/mol. The van der Waals surface area contributed by atoms with Crippen molar-refractivity contribution in [3.8, 4) is 55.6 Å². The van der Waals surface area contributed by atoms with Crippen LogP contribution in [0.15, 0.2) is 224 Å². The molecule has 15 nitrogen and oxygen atoms in total. The minimum Gasteiger partial charge on any atom is -0.276 e. The van der Waals surface area contributed by atoms with Crippen molar-refractivity contribution >= 4 is 151 Å². The van der Waals surface area contributed by atoms with Gasteiger partial charge >= 0.3 is 0 Å². The fourth-order valence-corrected chi connectivity index (χ4v) is 17.2. The Bertz CT molecular complexity index is 7750. The molecule has 15 heteroatoms. The summed E-state index contributed by atoms with van der Waals surface area (Å²) in [6, 6.07) is 82.1. The van der Waals surface area contributed by atoms with Gasteiger partial charge in [0, 0.05) is 0 Å². The van der Waals surface area contributed by atoms with Gasteiger partial charge in [0.1, 0.15) is 16.6 Å². The summed E-state index contributed by atoms with van der Waals surface area (Å²) < 4.78 is 20.8. The second-order valence-corrected chi connectivity index (χ2v) is 28.8. The highest BCUT2D eigenvalue weighted by Crippen LogP contribution is 2.44. The zero-order valence-corrected chi connectivity index (χ0v) is 55.1. The Hall–Kier alpha value is -13.1. The van der Waals surface area contributed by atoms with Crippen molar-refractivity contribution < 1.29 is 0 Å². The molecular formula is C85H55N15. The van der Waals surface area contributed by atoms with Gasteiger partial charge < -0.3 is 0 Å². The van der Waals surface area contributed by atoms with Crippen LogP contribution in [0.1, 0.15) is 43.0 Å². The molecule has 0 unspecified atom stereocenters. The molecular weight excluding hydrogens is 1230 g/mol. The van der Waals surface area contributed by atoms with E-state index in [1.807, 2.05) is 0 Å². The molecule has 0 radical (unpaired) electrons. The Morgan fingerprint density at radius 1 is 0.220 bits per heavy atom. The quantitative estimate of drug-likeness (QED) is 0.169. The number of benzene rings is 12. The van der Waals surface area contributed by atoms with Crippen molar-refractivity contribution in [3.63, 3.8) is 0 Å². The van der Waals surface area contributed by atoms with Gasteiger partial charge in [-0.2, -0.15) is 0 Å². The van der Waals surface area contributed by atoms with Gasteiger partial charge in [-0.25, -0.2) is 43.1 Å². The van der Waals surface area contributed by atoms with Crippen LogP contribution < -0.4 is 0 Å². The maximum atomic E-state index is 5.55. The molecule has 0 saturated heterocycles. The van der Waals surface area contributed by atoms with Crippen LogP contribution in [0.4, 0.5) is 0 Å². The first-order chi connectivity index (χ1) is 48.9. The van der Waals surface area contributed by atoms with Crippen molar-refractivity contribution in [2.75, 3.05) is 0 Å². The van der Waals surface area contributed by atoms with Crippen molar-refractivity contribution in [2.45, 2.75) is 47.0 Å². The van der Waals surface area contributed by atoms with E-state index in [0.717, 1.165) is 201 Å². The Morgan fingerprint density at radius 2 is 0.480 bits per heavy atom. The molecule has 0 saturated carbocycles. The van der Waals surface area contributed by atoms with Gasteiger partial charge in [-0.15, -0.1) is 0 Å². The molecule has 24 rings (SSSR count). The van der Waals surface area contributed by atoms with E-state index < -0.39 is 0 Å². The smallest absolute Gasteiger partial charge is 0.223 e. The van der Waals surface area contributed by atoms with E-state index in [2.05, 4.69) is 306 Å². The minimum atomic E-state index is 0.0388. The maximum Gasteiger partial charge on any atom is 0.223 e. The summed E-state index contributed by atoms with van der Waals surface area (Å²) in [4.78, 5) is 32.5. The fourth-order valence-electron chi connectivity index (χ4n) is 17.2. The Balaban J connectivity index is 0.693. The first-order valence-corrected chi connectivity index (χ1v) is 34.2. The molecule has 0 atom stereocenters. The van der Waals surface area contributed by atoms with E-state index in [4.69, 9.17) is 29.9 Å². The number of aryl methyl sites for hydroxylation is 2. The number of nitrogens with zero attached hydrogens (tertiary/aromatic N) is 15. The summed E-state index contributed by atoms with van der Waals surface area (Å²) in [7, 11) is 0. The molecule has 0 aliphatic carbocycles. The van der Waals surface area contributed by atoms with Gasteiger partial charge in [-0.05, 0) is 213 Å². The average molecular weight is 1290 g/mol. The monoisotopic (exact) mass is 1290 g/mol. The molecule has 0 spiro atoms. The van der Waals surface area contributed by atoms with Crippen LogP contribution in [0.5, 0.6) is 0 Å². The number of aromatic nitrogens is 15. The highest BCUT2D eigenvalue weighted by atomic mass is 15.3. The highest BCUT2D eigenvalue weighted by Gasteiger charge is 2.30. The first-order valence-electron chi connectivity index (χ1n) is 34.2. The van der Waals surface area contributed by atoms with Crippen LogP contribution >= 0.6 is 0 Å². The summed E-state index contributed by atoms with van der Waals surface area (Å²) in [5, 5.41) is 0. The van der Waals surface area contributed by atoms with Gasteiger partial charge in [0.05, 0.1) is 99.3 Å². The van der Waals surface area contributed by atoms with E-state index >= 15 is 0 Å². The Morgan fingerprint density at radius 3 is 0.820 bits per heavy atom. The summed E-state index contributed by atoms with van der Waals surface area (Å²) in [5.74, 6) is 4.98. The molecule has 0 amide bonds. The van der Waals surface area contributed by atoms with E-state index in [1.165, 1.54) is 27.8 Å². The van der Waals surface area contributed by atoms with Gasteiger partial charge in [0.2, 0.25) is 34.7 Å². The van der Waals surface area contributed by atoms with Crippen molar-refractivity contribution in [3.05, 3.63) is 247 Å². The summed E-state index contributed by atoms with van der Waals surface area (Å²) in [6.45, 7) is 13.5. The second-order valence-electron chi connectivity index (χ2n) is 28.8. The topological polar surface area (TPSA) is 117 Å². The van der Waals surface area contributed by atoms with E-state index in [9.17, 15) is 0 Å². The Labute approximate surface area is 566 Å². The maximum absolute atomic E-state index is 5.55. The zero-order valence-electron chi connectivity index (χ0n) is 55.1. The lowest BCUT2D eigenvalue weighted by Gasteiger charge is -2.19. The third-order valence-electron chi connectivity index (χ3n) is 22.3. The molecule has 0 aliphatic rings. The molecule has 0 bridgehead atoms. The van der Waals surface area contributed by atoms with Crippen LogP contribution in [0.2, 0.25) is 0 Å². The SMILES string of the molecule is Cc1cc(-c2cc3c4c(c2)n2c5cc(-c6ccc7nc8n(c7c6)c6cc(-c7ccc(C(C)(C)C)cc7)cc7c6n8c6nc8ccccc8n76)ccc5nc2n4c2nc4ccc(-c5ccc6nc7n(c6c5)c5cc(-c6ccccc6)cc6c5n7c5nc7ccccc7n65)cc4n32)cc(C)c1C. The second kappa shape index (κ2) is 17.9. The lowest BCUT2D eigenvalue weighted by molar-refractivity contribution is 0.590. The molecule has 24 aromatic rings. The van der Waals surface area contributed by atoms with E-state index in [0.29, 0.717) is 0 Å². The predicted octanol–water partition coefficient (Wildman–Crippen LogP) is 19.6. The van der Waals surface area contributed by atoms with Crippen LogP contribution in [-0.2, 0) is 5.41 Å². The fraction of sp³-hybridized carbons (Fsp3) is 0.0824. The first kappa shape index (κ1) is 53.1. The molecule has 12 heterocycles. The number of rotatable bonds is 5. The molecule has 0 N–H and O–H groups in total. The summed E-state index contributed by atoms with van der Waals surface area (Å²) in [5.41, 5.74) is 37.8. The van der Waals surface area contributed by atoms with Gasteiger partial charge in [-0.1, -0.05) is 136 Å². The van der Waals surface area contributed by atoms with Gasteiger partial charge in [0.15, 0.2) is 0 Å². The van der Waals surface area contributed by atoms with Crippen LogP contribution in [0.25, 0.3) is 206 Å². The molecule has 12 aromatic heterocycles. The highest BCUT2D eigenvalue weighted by molar-refractivity contribution is 6.10. The van der Waals surface area contributed by atoms with E-state index in [1.54, 1.807) is 0 Å². The van der Waals surface area contributed by atoms with Crippen molar-refractivity contribution in [2.24, 2.45) is 0 Å². The van der Waals surface area contributed by atoms with Crippen LogP contribution in [-0.4, -0.2) is 69.5 Å². The molecule has 0 aliphatic heterocycles. The third-order valence-corrected chi connectivity index (χ3v) is 22.3. The molecule has 100 heavy (non-hydrogen) atoms. The minimum absolute atomic E-state index is 0.0388. The molecule has 470 valence electrons. The number of imidazole rings is 12. The van der Waals surface area contributed by atoms with E-state index in [-0.39, 0.29) is 5.41 Å². The van der Waals surface area contributed by atoms with Gasteiger partial charge in [-0.3, -0.25) is 26.4 Å². The number of para-hydroxylation sites is 4. The summed E-state index contributed by atoms with van der Waals surface area (Å²) in [6.07, 6.45) is 0. The van der Waals surface area contributed by atoms with Crippen LogP contribution in [0.3, 0.4) is 0 Å². The van der Waals surface area contributed by atoms with Crippen molar-refractivity contribution in [1.82, 2.24) is 69.5 Å². The lowest BCUT2D eigenvalue weighted by atomic mass is 9.86. The number of hydrogen-bond acceptors (Lipinski definition) is 6. The zero-order chi connectivity index (χ0) is 65.8. The van der Waals surface area contributed by atoms with Crippen molar-refractivity contribution in [1.29, 1.82) is 0 Å². The lowest BCUT2D eigenvalue weighted by Crippen LogP contribution is -2.10. The molecule has 0 fully saturated rings. The standard InChI is InChI=1S/C85H55N15/c1-44-32-53(33-45(2)46(44)3)56-42-74-78-75(43-56)97-69-37-52(50-23-29-61-67(35-50)95-73-41-55(48-20-26-57(27-21-48)85(4,5)6)40-71-77(73)99(82(95)89-61)80-87-59-17-11-13-19-65(59)93(71)80)25-31-63(69)91-84(97)100(78)83-90-62-30-24-51(36-68(62)96(74)83)49-22-28-60-66(34-49)94-72-39-54(47-14-8-7-9-15-47)38-70-76(72)98(81(94)88-60)79-86-58-16-10-12-18-64(58)92(70)79/h7-43H,1-6H3. The van der Waals surface area contributed by atoms with Gasteiger partial charge in [0.25, 0.3) is 0 Å². The Kier molecular flexibility index (Phi) is 9.50. The summed E-state index contributed by atoms with van der Waals surface area (Å²) >= 11 is 0. The van der Waals surface area contributed by atoms with Crippen LogP contribution in [0, 0.1) is 20.8 Å². The number of hydrogen-bond donors (Lipinski definition) is 0. The number of fused-ring (bicyclic) bond motifs is 30. The molecule has 12 aromatic carbocycles.